The van der Waals surface area contributed by atoms with Crippen LogP contribution in [-0.2, 0) is 4.79 Å². The van der Waals surface area contributed by atoms with Gasteiger partial charge in [0.05, 0.1) is 11.0 Å². The van der Waals surface area contributed by atoms with Gasteiger partial charge in [-0.15, -0.1) is 6.42 Å². The van der Waals surface area contributed by atoms with Gasteiger partial charge in [0.1, 0.15) is 5.04 Å². The predicted octanol–water partition coefficient (Wildman–Crippen LogP) is 2.20. The number of amides is 1. The lowest BCUT2D eigenvalue weighted by Crippen LogP contribution is -2.40. The Morgan fingerprint density at radius 3 is 2.53 bits per heavy atom. The summed E-state index contributed by atoms with van der Waals surface area (Å²) < 4.78 is 0. The highest BCUT2D eigenvalue weighted by molar-refractivity contribution is 8.25. The first-order chi connectivity index (χ1) is 7.88. The van der Waals surface area contributed by atoms with Crippen LogP contribution in [0.2, 0.25) is 0 Å². The lowest BCUT2D eigenvalue weighted by Gasteiger charge is -2.28. The monoisotopic (exact) mass is 274 g/mol. The third-order valence-corrected chi connectivity index (χ3v) is 3.79. The van der Waals surface area contributed by atoms with E-state index in [1.54, 1.807) is 7.05 Å². The van der Waals surface area contributed by atoms with Gasteiger partial charge < -0.3 is 10.5 Å². The second-order valence-electron chi connectivity index (χ2n) is 4.38. The number of nitrogens with zero attached hydrogens (tertiary/aromatic N) is 1. The minimum absolute atomic E-state index is 0.163. The first kappa shape index (κ1) is 16.2. The molecule has 0 aromatic carbocycles. The number of carbonyl (C=O) groups is 1. The van der Waals surface area contributed by atoms with Crippen LogP contribution in [0.5, 0.6) is 0 Å². The van der Waals surface area contributed by atoms with Crippen molar-refractivity contribution >= 4 is 34.5 Å². The molecular weight excluding hydrogens is 256 g/mol. The van der Waals surface area contributed by atoms with E-state index in [0.29, 0.717) is 10.1 Å². The molecule has 0 aliphatic carbocycles. The van der Waals surface area contributed by atoms with Crippen molar-refractivity contribution in [2.45, 2.75) is 20.8 Å². The molecular formula is C11H18N2O2S2. The van der Waals surface area contributed by atoms with Gasteiger partial charge in [0.15, 0.2) is 0 Å². The second-order valence-corrected chi connectivity index (χ2v) is 6.55. The quantitative estimate of drug-likeness (QED) is 0.157. The summed E-state index contributed by atoms with van der Waals surface area (Å²) in [5.41, 5.74) is -0.324. The first-order valence-electron chi connectivity index (χ1n) is 5.02. The van der Waals surface area contributed by atoms with E-state index in [1.807, 2.05) is 20.8 Å². The Bertz CT molecular complexity index is 329. The van der Waals surface area contributed by atoms with E-state index in [2.05, 4.69) is 15.7 Å². The second kappa shape index (κ2) is 7.51. The highest BCUT2D eigenvalue weighted by atomic mass is 32.2. The Kier molecular flexibility index (Phi) is 7.16. The smallest absolute Gasteiger partial charge is 0.230 e. The molecule has 0 heterocycles. The topological polar surface area (TPSA) is 61.7 Å². The Labute approximate surface area is 111 Å². The molecule has 17 heavy (non-hydrogen) atoms. The molecule has 0 fully saturated rings. The van der Waals surface area contributed by atoms with Crippen molar-refractivity contribution in [1.29, 1.82) is 0 Å². The molecule has 0 aliphatic rings. The fourth-order valence-electron chi connectivity index (χ4n) is 1.31. The minimum atomic E-state index is -0.485. The van der Waals surface area contributed by atoms with Gasteiger partial charge in [-0.3, -0.25) is 4.79 Å². The van der Waals surface area contributed by atoms with Crippen molar-refractivity contribution in [3.63, 3.8) is 0 Å². The molecule has 0 saturated heterocycles. The zero-order chi connectivity index (χ0) is 13.5. The SMILES string of the molecule is C#CSCSC(=NO)C(C(=O)NC)C(C)(C)C. The van der Waals surface area contributed by atoms with Crippen LogP contribution < -0.4 is 5.32 Å². The summed E-state index contributed by atoms with van der Waals surface area (Å²) in [5, 5.41) is 18.2. The van der Waals surface area contributed by atoms with Crippen LogP contribution in [-0.4, -0.2) is 28.3 Å². The molecule has 0 saturated carbocycles. The number of hydrogen-bond acceptors (Lipinski definition) is 5. The maximum absolute atomic E-state index is 11.8. The molecule has 0 rings (SSSR count). The van der Waals surface area contributed by atoms with Crippen LogP contribution in [0.3, 0.4) is 0 Å². The summed E-state index contributed by atoms with van der Waals surface area (Å²) in [4.78, 5) is 11.8. The number of terminal acetylenes is 1. The van der Waals surface area contributed by atoms with E-state index in [9.17, 15) is 4.79 Å². The summed E-state index contributed by atoms with van der Waals surface area (Å²) in [6, 6.07) is 0. The molecule has 0 aromatic heterocycles. The van der Waals surface area contributed by atoms with E-state index in [-0.39, 0.29) is 11.3 Å². The van der Waals surface area contributed by atoms with Crippen LogP contribution in [0.15, 0.2) is 5.16 Å². The number of hydrogen-bond donors (Lipinski definition) is 2. The van der Waals surface area contributed by atoms with Crippen LogP contribution in [0, 0.1) is 23.0 Å². The molecule has 0 aliphatic heterocycles. The van der Waals surface area contributed by atoms with Crippen molar-refractivity contribution in [1.82, 2.24) is 5.32 Å². The van der Waals surface area contributed by atoms with Crippen molar-refractivity contribution in [2.75, 3.05) is 12.1 Å². The molecule has 0 radical (unpaired) electrons. The van der Waals surface area contributed by atoms with E-state index < -0.39 is 5.92 Å². The van der Waals surface area contributed by atoms with E-state index in [1.165, 1.54) is 23.5 Å². The van der Waals surface area contributed by atoms with E-state index in [0.717, 1.165) is 0 Å². The van der Waals surface area contributed by atoms with Crippen LogP contribution in [0.4, 0.5) is 0 Å². The molecule has 1 atom stereocenters. The summed E-state index contributed by atoms with van der Waals surface area (Å²) in [5.74, 6) is -0.649. The molecule has 1 unspecified atom stereocenters. The summed E-state index contributed by atoms with van der Waals surface area (Å²) in [6.45, 7) is 5.77. The fraction of sp³-hybridized carbons (Fsp3) is 0.636. The average molecular weight is 274 g/mol. The molecule has 6 heteroatoms. The van der Waals surface area contributed by atoms with E-state index in [4.69, 9.17) is 11.6 Å². The normalized spacial score (nSPS) is 13.9. The Morgan fingerprint density at radius 1 is 1.59 bits per heavy atom. The zero-order valence-electron chi connectivity index (χ0n) is 10.5. The van der Waals surface area contributed by atoms with Crippen molar-refractivity contribution in [2.24, 2.45) is 16.5 Å². The van der Waals surface area contributed by atoms with Gasteiger partial charge >= 0.3 is 0 Å². The number of oxime groups is 1. The molecule has 0 aromatic rings. The molecule has 1 amide bonds. The molecule has 4 nitrogen and oxygen atoms in total. The van der Waals surface area contributed by atoms with Gasteiger partial charge in [-0.05, 0) is 10.7 Å². The third kappa shape index (κ3) is 5.37. The van der Waals surface area contributed by atoms with Gasteiger partial charge in [-0.1, -0.05) is 49.5 Å². The van der Waals surface area contributed by atoms with Crippen molar-refractivity contribution in [3.05, 3.63) is 0 Å². The van der Waals surface area contributed by atoms with Gasteiger partial charge in [0.25, 0.3) is 0 Å². The molecule has 0 spiro atoms. The lowest BCUT2D eigenvalue weighted by molar-refractivity contribution is -0.124. The number of rotatable bonds is 4. The number of nitrogens with one attached hydrogen (secondary N) is 1. The maximum Gasteiger partial charge on any atom is 0.230 e. The molecule has 2 N–H and O–H groups in total. The van der Waals surface area contributed by atoms with Crippen molar-refractivity contribution in [3.8, 4) is 11.7 Å². The standard InChI is InChI=1S/C11H18N2O2S2/c1-6-16-7-17-10(13-15)8(9(14)12-5)11(2,3)4/h1,8,15H,7H2,2-5H3,(H,12,14). The van der Waals surface area contributed by atoms with Crippen molar-refractivity contribution < 1.29 is 10.0 Å². The predicted molar refractivity (Wildman–Crippen MR) is 75.1 cm³/mol. The highest BCUT2D eigenvalue weighted by Crippen LogP contribution is 2.32. The highest BCUT2D eigenvalue weighted by Gasteiger charge is 2.35. The van der Waals surface area contributed by atoms with Gasteiger partial charge in [0.2, 0.25) is 5.91 Å². The third-order valence-electron chi connectivity index (χ3n) is 2.07. The van der Waals surface area contributed by atoms with Gasteiger partial charge in [-0.25, -0.2) is 0 Å². The number of thioether (sulfide) groups is 2. The Hall–Kier alpha value is -0.800. The van der Waals surface area contributed by atoms with E-state index >= 15 is 0 Å². The maximum atomic E-state index is 11.8. The molecule has 96 valence electrons. The summed E-state index contributed by atoms with van der Waals surface area (Å²) in [6.07, 6.45) is 5.12. The fourth-order valence-corrected chi connectivity index (χ4v) is 2.99. The van der Waals surface area contributed by atoms with Crippen LogP contribution >= 0.6 is 23.5 Å². The van der Waals surface area contributed by atoms with Crippen LogP contribution in [0.1, 0.15) is 20.8 Å². The Balaban J connectivity index is 4.90. The average Bonchev–Trinajstić information content (AvgIpc) is 2.25. The van der Waals surface area contributed by atoms with Gasteiger partial charge in [-0.2, -0.15) is 0 Å². The summed E-state index contributed by atoms with van der Waals surface area (Å²) in [7, 11) is 1.57. The number of carbonyl (C=O) groups excluding carboxylic acids is 1. The van der Waals surface area contributed by atoms with Crippen LogP contribution in [0.25, 0.3) is 0 Å². The largest absolute Gasteiger partial charge is 0.410 e. The summed E-state index contributed by atoms with van der Waals surface area (Å²) >= 11 is 2.55. The Morgan fingerprint density at radius 2 is 2.18 bits per heavy atom. The van der Waals surface area contributed by atoms with Gasteiger partial charge in [0, 0.05) is 7.05 Å². The lowest BCUT2D eigenvalue weighted by atomic mass is 9.81. The molecule has 0 bridgehead atoms. The zero-order valence-corrected chi connectivity index (χ0v) is 12.1. The minimum Gasteiger partial charge on any atom is -0.410 e. The first-order valence-corrected chi connectivity index (χ1v) is 6.99.